The van der Waals surface area contributed by atoms with Crippen LogP contribution in [0, 0.1) is 0 Å². The van der Waals surface area contributed by atoms with Crippen molar-refractivity contribution in [1.82, 2.24) is 10.2 Å². The third-order valence-corrected chi connectivity index (χ3v) is 6.70. The Bertz CT molecular complexity index is 282. The molecule has 1 rings (SSSR count). The molecule has 1 saturated heterocycles. The van der Waals surface area contributed by atoms with Gasteiger partial charge in [-0.25, -0.2) is 4.79 Å². The summed E-state index contributed by atoms with van der Waals surface area (Å²) < 4.78 is 0.227. The molecular formula is C11H23N3OS2. The van der Waals surface area contributed by atoms with Crippen LogP contribution < -0.4 is 11.1 Å². The summed E-state index contributed by atoms with van der Waals surface area (Å²) in [5, 5.41) is 3.37. The van der Waals surface area contributed by atoms with E-state index in [-0.39, 0.29) is 15.5 Å². The molecule has 0 radical (unpaired) electrons. The summed E-state index contributed by atoms with van der Waals surface area (Å²) in [5.74, 6) is 0. The highest BCUT2D eigenvalue weighted by molar-refractivity contribution is 8.77. The maximum absolute atomic E-state index is 11.3. The number of nitrogens with zero attached hydrogens (tertiary/aromatic N) is 1. The summed E-state index contributed by atoms with van der Waals surface area (Å²) >= 11 is 0. The first-order valence-electron chi connectivity index (χ1n) is 5.84. The number of nitrogens with two attached hydrogens (primary N) is 1. The molecule has 4 nitrogen and oxygen atoms in total. The van der Waals surface area contributed by atoms with E-state index in [0.29, 0.717) is 13.1 Å². The van der Waals surface area contributed by atoms with E-state index in [1.54, 1.807) is 4.90 Å². The fourth-order valence-electron chi connectivity index (χ4n) is 1.61. The SMILES string of the molecule is CC1(C)CNCCN(C(N)=O)CC(C)(C)SS1. The van der Waals surface area contributed by atoms with Gasteiger partial charge in [0.2, 0.25) is 0 Å². The molecule has 1 aliphatic rings. The lowest BCUT2D eigenvalue weighted by Crippen LogP contribution is -2.48. The first-order chi connectivity index (χ1) is 7.72. The van der Waals surface area contributed by atoms with Crippen molar-refractivity contribution in [2.45, 2.75) is 37.2 Å². The molecule has 0 bridgehead atoms. The highest BCUT2D eigenvalue weighted by Crippen LogP contribution is 2.43. The third-order valence-electron chi connectivity index (χ3n) is 2.49. The van der Waals surface area contributed by atoms with Gasteiger partial charge in [-0.2, -0.15) is 0 Å². The zero-order valence-electron chi connectivity index (χ0n) is 11.1. The Morgan fingerprint density at radius 1 is 1.24 bits per heavy atom. The Labute approximate surface area is 112 Å². The summed E-state index contributed by atoms with van der Waals surface area (Å²) in [6.07, 6.45) is 0. The molecule has 100 valence electrons. The minimum atomic E-state index is -0.328. The van der Waals surface area contributed by atoms with E-state index < -0.39 is 0 Å². The second kappa shape index (κ2) is 5.71. The highest BCUT2D eigenvalue weighted by Gasteiger charge is 2.30. The van der Waals surface area contributed by atoms with Gasteiger partial charge in [0.1, 0.15) is 0 Å². The quantitative estimate of drug-likeness (QED) is 0.664. The minimum absolute atomic E-state index is 0.0221. The Kier molecular flexibility index (Phi) is 5.04. The van der Waals surface area contributed by atoms with Gasteiger partial charge in [0, 0.05) is 35.7 Å². The maximum Gasteiger partial charge on any atom is 0.314 e. The van der Waals surface area contributed by atoms with E-state index in [0.717, 1.165) is 13.1 Å². The summed E-state index contributed by atoms with van der Waals surface area (Å²) in [7, 11) is 3.71. The predicted octanol–water partition coefficient (Wildman–Crippen LogP) is 1.91. The zero-order chi connectivity index (χ0) is 13.1. The van der Waals surface area contributed by atoms with Gasteiger partial charge in [0.05, 0.1) is 0 Å². The molecule has 1 fully saturated rings. The average Bonchev–Trinajstić information content (AvgIpc) is 2.19. The van der Waals surface area contributed by atoms with Crippen LogP contribution in [0.2, 0.25) is 0 Å². The van der Waals surface area contributed by atoms with E-state index in [9.17, 15) is 4.79 Å². The van der Waals surface area contributed by atoms with Crippen molar-refractivity contribution >= 4 is 27.6 Å². The second-order valence-electron chi connectivity index (χ2n) is 5.62. The predicted molar refractivity (Wildman–Crippen MR) is 77.4 cm³/mol. The molecule has 1 heterocycles. The van der Waals surface area contributed by atoms with Crippen molar-refractivity contribution in [3.63, 3.8) is 0 Å². The van der Waals surface area contributed by atoms with Gasteiger partial charge in [-0.3, -0.25) is 0 Å². The molecule has 2 amide bonds. The van der Waals surface area contributed by atoms with E-state index in [2.05, 4.69) is 33.0 Å². The van der Waals surface area contributed by atoms with Gasteiger partial charge in [0.25, 0.3) is 0 Å². The largest absolute Gasteiger partial charge is 0.351 e. The Morgan fingerprint density at radius 3 is 2.41 bits per heavy atom. The lowest BCUT2D eigenvalue weighted by Gasteiger charge is -2.35. The molecule has 0 aliphatic carbocycles. The highest BCUT2D eigenvalue weighted by atomic mass is 33.1. The van der Waals surface area contributed by atoms with Crippen LogP contribution in [0.5, 0.6) is 0 Å². The van der Waals surface area contributed by atoms with Gasteiger partial charge >= 0.3 is 6.03 Å². The Hall–Kier alpha value is -0.0700. The van der Waals surface area contributed by atoms with Crippen LogP contribution in [-0.2, 0) is 0 Å². The monoisotopic (exact) mass is 277 g/mol. The number of primary amides is 1. The van der Waals surface area contributed by atoms with Gasteiger partial charge in [-0.05, 0) is 27.7 Å². The van der Waals surface area contributed by atoms with Gasteiger partial charge < -0.3 is 16.0 Å². The molecular weight excluding hydrogens is 254 g/mol. The van der Waals surface area contributed by atoms with Crippen molar-refractivity contribution in [3.05, 3.63) is 0 Å². The van der Waals surface area contributed by atoms with E-state index >= 15 is 0 Å². The molecule has 0 atom stereocenters. The lowest BCUT2D eigenvalue weighted by atomic mass is 10.2. The van der Waals surface area contributed by atoms with Crippen LogP contribution in [0.15, 0.2) is 0 Å². The molecule has 17 heavy (non-hydrogen) atoms. The van der Waals surface area contributed by atoms with Crippen molar-refractivity contribution in [2.24, 2.45) is 5.73 Å². The van der Waals surface area contributed by atoms with E-state index in [4.69, 9.17) is 5.73 Å². The molecule has 0 aromatic rings. The minimum Gasteiger partial charge on any atom is -0.351 e. The number of nitrogens with one attached hydrogen (secondary N) is 1. The van der Waals surface area contributed by atoms with Crippen LogP contribution in [0.1, 0.15) is 27.7 Å². The number of urea groups is 1. The number of hydrogen-bond donors (Lipinski definition) is 2. The molecule has 0 aromatic heterocycles. The van der Waals surface area contributed by atoms with Crippen LogP contribution in [0.25, 0.3) is 0 Å². The number of rotatable bonds is 0. The second-order valence-corrected chi connectivity index (χ2v) is 9.17. The van der Waals surface area contributed by atoms with Crippen LogP contribution in [-0.4, -0.2) is 46.6 Å². The summed E-state index contributed by atoms with van der Waals surface area (Å²) in [5.41, 5.74) is 5.40. The molecule has 0 unspecified atom stereocenters. The first-order valence-corrected chi connectivity index (χ1v) is 7.99. The van der Waals surface area contributed by atoms with Gasteiger partial charge in [-0.15, -0.1) is 0 Å². The summed E-state index contributed by atoms with van der Waals surface area (Å²) in [6.45, 7) is 11.9. The van der Waals surface area contributed by atoms with Crippen LogP contribution >= 0.6 is 21.6 Å². The smallest absolute Gasteiger partial charge is 0.314 e. The summed E-state index contributed by atoms with van der Waals surface area (Å²) in [6, 6.07) is -0.328. The van der Waals surface area contributed by atoms with Crippen molar-refractivity contribution in [3.8, 4) is 0 Å². The van der Waals surface area contributed by atoms with Crippen molar-refractivity contribution in [2.75, 3.05) is 26.2 Å². The Balaban J connectivity index is 2.70. The number of carbonyl (C=O) groups excluding carboxylic acids is 1. The molecule has 6 heteroatoms. The fraction of sp³-hybridized carbons (Fsp3) is 0.909. The maximum atomic E-state index is 11.3. The fourth-order valence-corrected chi connectivity index (χ4v) is 4.12. The lowest BCUT2D eigenvalue weighted by molar-refractivity contribution is 0.203. The molecule has 1 aliphatic heterocycles. The summed E-state index contributed by atoms with van der Waals surface area (Å²) in [4.78, 5) is 13.1. The van der Waals surface area contributed by atoms with Gasteiger partial charge in [0.15, 0.2) is 0 Å². The van der Waals surface area contributed by atoms with E-state index in [1.807, 2.05) is 21.6 Å². The zero-order valence-corrected chi connectivity index (χ0v) is 12.7. The topological polar surface area (TPSA) is 58.4 Å². The third kappa shape index (κ3) is 5.40. The Morgan fingerprint density at radius 2 is 1.82 bits per heavy atom. The van der Waals surface area contributed by atoms with Crippen molar-refractivity contribution < 1.29 is 4.79 Å². The van der Waals surface area contributed by atoms with Crippen LogP contribution in [0.4, 0.5) is 4.79 Å². The first kappa shape index (κ1) is 15.0. The normalized spacial score (nSPS) is 25.3. The standard InChI is InChI=1S/C11H23N3OS2/c1-10(2)7-13-5-6-14(9(12)15)8-11(3,4)17-16-10/h13H,5-8H2,1-4H3,(H2,12,15). The number of hydrogen-bond acceptors (Lipinski definition) is 4. The number of carbonyl (C=O) groups is 1. The van der Waals surface area contributed by atoms with Gasteiger partial charge in [-0.1, -0.05) is 21.6 Å². The van der Waals surface area contributed by atoms with Crippen molar-refractivity contribution in [1.29, 1.82) is 0 Å². The molecule has 0 spiro atoms. The number of amides is 2. The van der Waals surface area contributed by atoms with E-state index in [1.165, 1.54) is 0 Å². The molecule has 3 N–H and O–H groups in total. The molecule has 0 saturated carbocycles. The molecule has 0 aromatic carbocycles. The average molecular weight is 277 g/mol. The van der Waals surface area contributed by atoms with Crippen LogP contribution in [0.3, 0.4) is 0 Å².